The Kier molecular flexibility index (Phi) is 2.63. The highest BCUT2D eigenvalue weighted by Gasteiger charge is 2.10. The van der Waals surface area contributed by atoms with Crippen LogP contribution in [0.3, 0.4) is 0 Å². The monoisotopic (exact) mass is 214 g/mol. The van der Waals surface area contributed by atoms with Gasteiger partial charge in [0.2, 0.25) is 0 Å². The second-order valence-electron chi connectivity index (χ2n) is 4.11. The Labute approximate surface area is 94.7 Å². The summed E-state index contributed by atoms with van der Waals surface area (Å²) in [6.07, 6.45) is 0. The number of nitrogens with zero attached hydrogens (tertiary/aromatic N) is 4. The largest absolute Gasteiger partial charge is 0.330 e. The van der Waals surface area contributed by atoms with E-state index in [1.807, 2.05) is 37.8 Å². The Balaban J connectivity index is 2.64. The fourth-order valence-corrected chi connectivity index (χ4v) is 1.78. The van der Waals surface area contributed by atoms with E-state index in [0.717, 1.165) is 23.4 Å². The summed E-state index contributed by atoms with van der Waals surface area (Å²) in [5.74, 6) is 0.975. The van der Waals surface area contributed by atoms with E-state index >= 15 is 0 Å². The minimum absolute atomic E-state index is 0.637. The average Bonchev–Trinajstić information content (AvgIpc) is 2.55. The van der Waals surface area contributed by atoms with Crippen LogP contribution in [0, 0.1) is 11.3 Å². The van der Waals surface area contributed by atoms with Gasteiger partial charge in [0.25, 0.3) is 0 Å². The van der Waals surface area contributed by atoms with E-state index in [-0.39, 0.29) is 0 Å². The molecule has 1 aromatic carbocycles. The number of rotatable bonds is 2. The van der Waals surface area contributed by atoms with Crippen LogP contribution in [-0.2, 0) is 13.6 Å². The van der Waals surface area contributed by atoms with Gasteiger partial charge in [-0.15, -0.1) is 0 Å². The molecule has 0 unspecified atom stereocenters. The van der Waals surface area contributed by atoms with E-state index in [1.165, 1.54) is 0 Å². The topological polar surface area (TPSA) is 44.9 Å². The second-order valence-corrected chi connectivity index (χ2v) is 4.11. The first-order valence-corrected chi connectivity index (χ1v) is 5.12. The lowest BCUT2D eigenvalue weighted by atomic mass is 10.2. The molecular formula is C12H14N4. The van der Waals surface area contributed by atoms with Crippen molar-refractivity contribution in [1.29, 1.82) is 5.26 Å². The molecule has 0 aliphatic heterocycles. The van der Waals surface area contributed by atoms with Crippen molar-refractivity contribution in [2.75, 3.05) is 14.1 Å². The van der Waals surface area contributed by atoms with Crippen molar-refractivity contribution in [3.63, 3.8) is 0 Å². The molecule has 0 aliphatic carbocycles. The highest BCUT2D eigenvalue weighted by molar-refractivity contribution is 5.82. The lowest BCUT2D eigenvalue weighted by Gasteiger charge is -2.08. The molecule has 0 amide bonds. The normalized spacial score (nSPS) is 10.9. The van der Waals surface area contributed by atoms with Gasteiger partial charge in [-0.05, 0) is 26.2 Å². The number of benzene rings is 1. The van der Waals surface area contributed by atoms with Gasteiger partial charge in [0.15, 0.2) is 0 Å². The minimum Gasteiger partial charge on any atom is -0.330 e. The molecule has 2 aromatic rings. The molecule has 1 aromatic heterocycles. The molecule has 16 heavy (non-hydrogen) atoms. The Morgan fingerprint density at radius 3 is 2.81 bits per heavy atom. The van der Waals surface area contributed by atoms with Crippen molar-refractivity contribution in [2.45, 2.75) is 6.54 Å². The number of hydrogen-bond acceptors (Lipinski definition) is 3. The molecule has 0 saturated carbocycles. The van der Waals surface area contributed by atoms with Crippen LogP contribution in [-0.4, -0.2) is 28.5 Å². The third-order valence-electron chi connectivity index (χ3n) is 2.58. The number of para-hydroxylation sites is 1. The number of nitriles is 1. The van der Waals surface area contributed by atoms with Crippen LogP contribution < -0.4 is 0 Å². The predicted molar refractivity (Wildman–Crippen MR) is 62.8 cm³/mol. The summed E-state index contributed by atoms with van der Waals surface area (Å²) in [6.45, 7) is 0.774. The van der Waals surface area contributed by atoms with E-state index in [9.17, 15) is 0 Å². The summed E-state index contributed by atoms with van der Waals surface area (Å²) in [6, 6.07) is 7.85. The van der Waals surface area contributed by atoms with Gasteiger partial charge in [-0.3, -0.25) is 0 Å². The fourth-order valence-electron chi connectivity index (χ4n) is 1.78. The molecule has 2 rings (SSSR count). The quantitative estimate of drug-likeness (QED) is 0.761. The van der Waals surface area contributed by atoms with Gasteiger partial charge in [0, 0.05) is 7.05 Å². The maximum atomic E-state index is 9.01. The molecule has 4 heteroatoms. The highest BCUT2D eigenvalue weighted by atomic mass is 15.1. The summed E-state index contributed by atoms with van der Waals surface area (Å²) < 4.78 is 2.04. The Morgan fingerprint density at radius 1 is 1.44 bits per heavy atom. The standard InChI is InChI=1S/C12H14N4/c1-15(2)8-11-14-12-9(7-13)5-4-6-10(12)16(11)3/h4-6H,8H2,1-3H3. The molecule has 4 nitrogen and oxygen atoms in total. The van der Waals surface area contributed by atoms with Crippen molar-refractivity contribution in [3.8, 4) is 6.07 Å². The smallest absolute Gasteiger partial charge is 0.123 e. The summed E-state index contributed by atoms with van der Waals surface area (Å²) in [5.41, 5.74) is 2.44. The average molecular weight is 214 g/mol. The van der Waals surface area contributed by atoms with Crippen LogP contribution in [0.1, 0.15) is 11.4 Å². The van der Waals surface area contributed by atoms with Crippen LogP contribution >= 0.6 is 0 Å². The maximum Gasteiger partial charge on any atom is 0.123 e. The van der Waals surface area contributed by atoms with Crippen LogP contribution in [0.2, 0.25) is 0 Å². The molecule has 0 fully saturated rings. The molecule has 82 valence electrons. The zero-order valence-electron chi connectivity index (χ0n) is 9.73. The van der Waals surface area contributed by atoms with E-state index < -0.39 is 0 Å². The number of fused-ring (bicyclic) bond motifs is 1. The first kappa shape index (κ1) is 10.7. The number of aryl methyl sites for hydroxylation is 1. The summed E-state index contributed by atoms with van der Waals surface area (Å²) >= 11 is 0. The van der Waals surface area contributed by atoms with Crippen molar-refractivity contribution in [3.05, 3.63) is 29.6 Å². The van der Waals surface area contributed by atoms with Gasteiger partial charge in [-0.2, -0.15) is 5.26 Å². The molecule has 0 bridgehead atoms. The number of aromatic nitrogens is 2. The molecular weight excluding hydrogens is 200 g/mol. The molecule has 0 saturated heterocycles. The molecule has 0 spiro atoms. The van der Waals surface area contributed by atoms with Gasteiger partial charge in [-0.1, -0.05) is 6.07 Å². The van der Waals surface area contributed by atoms with E-state index in [0.29, 0.717) is 5.56 Å². The van der Waals surface area contributed by atoms with Crippen molar-refractivity contribution < 1.29 is 0 Å². The summed E-state index contributed by atoms with van der Waals surface area (Å²) in [4.78, 5) is 6.58. The predicted octanol–water partition coefficient (Wildman–Crippen LogP) is 1.51. The molecule has 0 aliphatic rings. The van der Waals surface area contributed by atoms with Gasteiger partial charge in [0.1, 0.15) is 17.4 Å². The Hall–Kier alpha value is -1.86. The van der Waals surface area contributed by atoms with E-state index in [2.05, 4.69) is 16.0 Å². The number of imidazole rings is 1. The van der Waals surface area contributed by atoms with E-state index in [1.54, 1.807) is 6.07 Å². The van der Waals surface area contributed by atoms with Crippen LogP contribution in [0.5, 0.6) is 0 Å². The highest BCUT2D eigenvalue weighted by Crippen LogP contribution is 2.18. The van der Waals surface area contributed by atoms with Gasteiger partial charge in [-0.25, -0.2) is 4.98 Å². The Bertz CT molecular complexity index is 560. The molecule has 1 heterocycles. The van der Waals surface area contributed by atoms with Crippen LogP contribution in [0.25, 0.3) is 11.0 Å². The Morgan fingerprint density at radius 2 is 2.19 bits per heavy atom. The first-order chi connectivity index (χ1) is 7.63. The zero-order valence-corrected chi connectivity index (χ0v) is 9.73. The van der Waals surface area contributed by atoms with Crippen LogP contribution in [0.15, 0.2) is 18.2 Å². The van der Waals surface area contributed by atoms with Crippen molar-refractivity contribution >= 4 is 11.0 Å². The second kappa shape index (κ2) is 3.95. The van der Waals surface area contributed by atoms with Crippen molar-refractivity contribution in [2.24, 2.45) is 7.05 Å². The molecule has 0 N–H and O–H groups in total. The zero-order chi connectivity index (χ0) is 11.7. The molecule has 0 atom stereocenters. The van der Waals surface area contributed by atoms with Gasteiger partial charge < -0.3 is 9.47 Å². The van der Waals surface area contributed by atoms with Crippen LogP contribution in [0.4, 0.5) is 0 Å². The fraction of sp³-hybridized carbons (Fsp3) is 0.333. The number of hydrogen-bond donors (Lipinski definition) is 0. The van der Waals surface area contributed by atoms with Crippen molar-refractivity contribution in [1.82, 2.24) is 14.5 Å². The minimum atomic E-state index is 0.637. The summed E-state index contributed by atoms with van der Waals surface area (Å²) in [5, 5.41) is 9.01. The third kappa shape index (κ3) is 1.66. The first-order valence-electron chi connectivity index (χ1n) is 5.12. The van der Waals surface area contributed by atoms with Gasteiger partial charge >= 0.3 is 0 Å². The lowest BCUT2D eigenvalue weighted by Crippen LogP contribution is -2.14. The maximum absolute atomic E-state index is 9.01. The van der Waals surface area contributed by atoms with Gasteiger partial charge in [0.05, 0.1) is 17.6 Å². The van der Waals surface area contributed by atoms with E-state index in [4.69, 9.17) is 5.26 Å². The summed E-state index contributed by atoms with van der Waals surface area (Å²) in [7, 11) is 5.99. The molecule has 0 radical (unpaired) electrons. The lowest BCUT2D eigenvalue weighted by molar-refractivity contribution is 0.386. The third-order valence-corrected chi connectivity index (χ3v) is 2.58. The SMILES string of the molecule is CN(C)Cc1nc2c(C#N)cccc2n1C.